The second-order valence-electron chi connectivity index (χ2n) is 6.09. The van der Waals surface area contributed by atoms with Gasteiger partial charge in [0, 0.05) is 28.2 Å². The maximum atomic E-state index is 13.0. The van der Waals surface area contributed by atoms with Crippen molar-refractivity contribution in [2.75, 3.05) is 11.5 Å². The predicted octanol–water partition coefficient (Wildman–Crippen LogP) is 3.82. The molecule has 1 atom stereocenters. The Hall–Kier alpha value is -1.56. The molecule has 0 aromatic heterocycles. The van der Waals surface area contributed by atoms with E-state index >= 15 is 0 Å². The van der Waals surface area contributed by atoms with Crippen LogP contribution in [0.2, 0.25) is 10.0 Å². The molecule has 0 saturated carbocycles. The first-order valence-corrected chi connectivity index (χ1v) is 10.4. The van der Waals surface area contributed by atoms with Gasteiger partial charge in [-0.1, -0.05) is 47.5 Å². The van der Waals surface area contributed by atoms with Gasteiger partial charge in [-0.3, -0.25) is 4.79 Å². The summed E-state index contributed by atoms with van der Waals surface area (Å²) in [6.45, 7) is 0.255. The van der Waals surface area contributed by atoms with Crippen molar-refractivity contribution in [2.24, 2.45) is 0 Å². The van der Waals surface area contributed by atoms with E-state index in [0.29, 0.717) is 22.0 Å². The van der Waals surface area contributed by atoms with Gasteiger partial charge in [0.1, 0.15) is 0 Å². The molecule has 1 fully saturated rings. The molecule has 2 aromatic carbocycles. The monoisotopic (exact) mass is 397 g/mol. The minimum atomic E-state index is -3.12. The van der Waals surface area contributed by atoms with Gasteiger partial charge in [0.15, 0.2) is 9.84 Å². The fourth-order valence-corrected chi connectivity index (χ4v) is 5.10. The van der Waals surface area contributed by atoms with Crippen LogP contribution in [0.5, 0.6) is 0 Å². The molecule has 4 nitrogen and oxygen atoms in total. The minimum absolute atomic E-state index is 0.0240. The third-order valence-electron chi connectivity index (χ3n) is 4.28. The molecule has 0 unspecified atom stereocenters. The number of rotatable bonds is 4. The number of hydrogen-bond donors (Lipinski definition) is 0. The molecule has 132 valence electrons. The SMILES string of the molecule is O=C(c1cccc(Cl)c1)N(Cc1ccccc1Cl)[C@@H]1CCS(=O)(=O)C1. The van der Waals surface area contributed by atoms with E-state index in [1.54, 1.807) is 35.2 Å². The van der Waals surface area contributed by atoms with Crippen LogP contribution in [-0.4, -0.2) is 36.8 Å². The summed E-state index contributed by atoms with van der Waals surface area (Å²) < 4.78 is 23.8. The summed E-state index contributed by atoms with van der Waals surface area (Å²) in [5.74, 6) is -0.173. The molecule has 2 aromatic rings. The molecule has 0 spiro atoms. The molecule has 3 rings (SSSR count). The highest BCUT2D eigenvalue weighted by Gasteiger charge is 2.35. The first-order valence-electron chi connectivity index (χ1n) is 7.86. The van der Waals surface area contributed by atoms with Gasteiger partial charge in [-0.2, -0.15) is 0 Å². The molecule has 1 aliphatic heterocycles. The maximum absolute atomic E-state index is 13.0. The van der Waals surface area contributed by atoms with Crippen LogP contribution in [0.3, 0.4) is 0 Å². The fraction of sp³-hybridized carbons (Fsp3) is 0.278. The van der Waals surface area contributed by atoms with E-state index in [4.69, 9.17) is 23.2 Å². The third kappa shape index (κ3) is 4.35. The molecular formula is C18H17Cl2NO3S. The highest BCUT2D eigenvalue weighted by atomic mass is 35.5. The molecule has 1 saturated heterocycles. The molecule has 7 heteroatoms. The lowest BCUT2D eigenvalue weighted by Crippen LogP contribution is -2.40. The molecule has 0 aliphatic carbocycles. The van der Waals surface area contributed by atoms with Crippen LogP contribution in [0.25, 0.3) is 0 Å². The van der Waals surface area contributed by atoms with Crippen molar-refractivity contribution in [3.8, 4) is 0 Å². The average Bonchev–Trinajstić information content (AvgIpc) is 2.93. The second-order valence-corrected chi connectivity index (χ2v) is 9.16. The molecule has 25 heavy (non-hydrogen) atoms. The van der Waals surface area contributed by atoms with Crippen molar-refractivity contribution in [3.63, 3.8) is 0 Å². The van der Waals surface area contributed by atoms with Crippen molar-refractivity contribution in [3.05, 3.63) is 69.7 Å². The van der Waals surface area contributed by atoms with Crippen LogP contribution in [0, 0.1) is 0 Å². The van der Waals surface area contributed by atoms with Crippen molar-refractivity contribution >= 4 is 38.9 Å². The van der Waals surface area contributed by atoms with Gasteiger partial charge in [0.05, 0.1) is 11.5 Å². The number of carbonyl (C=O) groups excluding carboxylic acids is 1. The number of hydrogen-bond acceptors (Lipinski definition) is 3. The lowest BCUT2D eigenvalue weighted by atomic mass is 10.1. The van der Waals surface area contributed by atoms with Gasteiger partial charge in [-0.15, -0.1) is 0 Å². The third-order valence-corrected chi connectivity index (χ3v) is 6.63. The van der Waals surface area contributed by atoms with E-state index in [0.717, 1.165) is 5.56 Å². The zero-order chi connectivity index (χ0) is 18.0. The summed E-state index contributed by atoms with van der Waals surface area (Å²) >= 11 is 12.2. The van der Waals surface area contributed by atoms with Gasteiger partial charge >= 0.3 is 0 Å². The molecule has 0 N–H and O–H groups in total. The smallest absolute Gasteiger partial charge is 0.254 e. The highest BCUT2D eigenvalue weighted by molar-refractivity contribution is 7.91. The van der Waals surface area contributed by atoms with Crippen molar-refractivity contribution in [1.82, 2.24) is 4.90 Å². The van der Waals surface area contributed by atoms with Crippen LogP contribution >= 0.6 is 23.2 Å². The standard InChI is InChI=1S/C18H17Cl2NO3S/c19-15-6-3-5-13(10-15)18(22)21(16-8-9-25(23,24)12-16)11-14-4-1-2-7-17(14)20/h1-7,10,16H,8-9,11-12H2/t16-/m1/s1. The molecule has 0 bridgehead atoms. The van der Waals surface area contributed by atoms with E-state index < -0.39 is 9.84 Å². The largest absolute Gasteiger partial charge is 0.330 e. The zero-order valence-electron chi connectivity index (χ0n) is 13.4. The average molecular weight is 398 g/mol. The van der Waals surface area contributed by atoms with Gasteiger partial charge in [0.2, 0.25) is 0 Å². The number of nitrogens with zero attached hydrogens (tertiary/aromatic N) is 1. The van der Waals surface area contributed by atoms with Crippen LogP contribution in [-0.2, 0) is 16.4 Å². The van der Waals surface area contributed by atoms with Crippen LogP contribution in [0.15, 0.2) is 48.5 Å². The van der Waals surface area contributed by atoms with E-state index in [-0.39, 0.29) is 30.0 Å². The Morgan fingerprint density at radius 2 is 1.88 bits per heavy atom. The minimum Gasteiger partial charge on any atom is -0.330 e. The highest BCUT2D eigenvalue weighted by Crippen LogP contribution is 2.25. The van der Waals surface area contributed by atoms with Gasteiger partial charge < -0.3 is 4.90 Å². The first-order chi connectivity index (χ1) is 11.9. The van der Waals surface area contributed by atoms with Gasteiger partial charge in [0.25, 0.3) is 5.91 Å². The number of amides is 1. The number of sulfone groups is 1. The summed E-state index contributed by atoms with van der Waals surface area (Å²) in [5, 5.41) is 1.01. The lowest BCUT2D eigenvalue weighted by molar-refractivity contribution is 0.0681. The van der Waals surface area contributed by atoms with E-state index in [1.807, 2.05) is 18.2 Å². The predicted molar refractivity (Wildman–Crippen MR) is 99.8 cm³/mol. The Balaban J connectivity index is 1.94. The summed E-state index contributed by atoms with van der Waals surface area (Å²) in [6, 6.07) is 13.5. The van der Waals surface area contributed by atoms with Gasteiger partial charge in [-0.25, -0.2) is 8.42 Å². The van der Waals surface area contributed by atoms with E-state index in [2.05, 4.69) is 0 Å². The van der Waals surface area contributed by atoms with E-state index in [9.17, 15) is 13.2 Å². The molecule has 1 heterocycles. The van der Waals surface area contributed by atoms with Crippen LogP contribution < -0.4 is 0 Å². The Kier molecular flexibility index (Phi) is 5.37. The fourth-order valence-electron chi connectivity index (χ4n) is 2.99. The van der Waals surface area contributed by atoms with Crippen molar-refractivity contribution < 1.29 is 13.2 Å². The van der Waals surface area contributed by atoms with Crippen LogP contribution in [0.1, 0.15) is 22.3 Å². The summed E-state index contributed by atoms with van der Waals surface area (Å²) in [7, 11) is -3.12. The number of carbonyl (C=O) groups is 1. The normalized spacial score (nSPS) is 18.9. The summed E-state index contributed by atoms with van der Waals surface area (Å²) in [4.78, 5) is 14.6. The second kappa shape index (κ2) is 7.36. The molecule has 1 aliphatic rings. The lowest BCUT2D eigenvalue weighted by Gasteiger charge is -2.29. The summed E-state index contributed by atoms with van der Waals surface area (Å²) in [6.07, 6.45) is 0.430. The quantitative estimate of drug-likeness (QED) is 0.787. The number of halogens is 2. The molecule has 0 radical (unpaired) electrons. The van der Waals surface area contributed by atoms with E-state index in [1.165, 1.54) is 0 Å². The number of benzene rings is 2. The first kappa shape index (κ1) is 18.2. The van der Waals surface area contributed by atoms with Crippen molar-refractivity contribution in [2.45, 2.75) is 19.0 Å². The Labute approximate surface area is 157 Å². The summed E-state index contributed by atoms with van der Waals surface area (Å²) in [5.41, 5.74) is 1.22. The van der Waals surface area contributed by atoms with Crippen molar-refractivity contribution in [1.29, 1.82) is 0 Å². The van der Waals surface area contributed by atoms with Gasteiger partial charge in [-0.05, 0) is 36.2 Å². The maximum Gasteiger partial charge on any atom is 0.254 e. The van der Waals surface area contributed by atoms with Crippen LogP contribution in [0.4, 0.5) is 0 Å². The zero-order valence-corrected chi connectivity index (χ0v) is 15.7. The Morgan fingerprint density at radius 1 is 1.12 bits per heavy atom. The molecular weight excluding hydrogens is 381 g/mol. The Bertz CT molecular complexity index is 899. The Morgan fingerprint density at radius 3 is 2.52 bits per heavy atom. The molecule has 1 amide bonds. The topological polar surface area (TPSA) is 54.5 Å².